The monoisotopic (exact) mass is 670 g/mol. The molecule has 240 valence electrons. The van der Waals surface area contributed by atoms with Crippen LogP contribution < -0.4 is 0 Å². The molecule has 0 saturated heterocycles. The highest BCUT2D eigenvalue weighted by atomic mass is 32.1. The van der Waals surface area contributed by atoms with E-state index >= 15 is 0 Å². The minimum absolute atomic E-state index is 0.629. The molecule has 0 amide bonds. The summed E-state index contributed by atoms with van der Waals surface area (Å²) in [6.07, 6.45) is 0. The third-order valence-electron chi connectivity index (χ3n) is 9.00. The molecule has 2 aromatic heterocycles. The van der Waals surface area contributed by atoms with Crippen molar-refractivity contribution in [1.82, 2.24) is 19.9 Å². The van der Waals surface area contributed by atoms with Crippen LogP contribution in [0.3, 0.4) is 0 Å². The van der Waals surface area contributed by atoms with Gasteiger partial charge in [-0.1, -0.05) is 158 Å². The molecule has 2 heterocycles. The van der Waals surface area contributed by atoms with Gasteiger partial charge in [0.15, 0.2) is 17.5 Å². The zero-order valence-corrected chi connectivity index (χ0v) is 28.3. The van der Waals surface area contributed by atoms with Crippen molar-refractivity contribution in [3.63, 3.8) is 0 Å². The van der Waals surface area contributed by atoms with Crippen LogP contribution in [0.1, 0.15) is 0 Å². The van der Waals surface area contributed by atoms with Gasteiger partial charge in [0.05, 0.1) is 10.2 Å². The quantitative estimate of drug-likeness (QED) is 0.169. The largest absolute Gasteiger partial charge is 0.236 e. The highest BCUT2D eigenvalue weighted by molar-refractivity contribution is 7.21. The molecule has 0 spiro atoms. The van der Waals surface area contributed by atoms with Gasteiger partial charge < -0.3 is 0 Å². The maximum Gasteiger partial charge on any atom is 0.164 e. The molecule has 51 heavy (non-hydrogen) atoms. The molecule has 9 rings (SSSR count). The number of thiazole rings is 1. The third kappa shape index (κ3) is 6.34. The van der Waals surface area contributed by atoms with Crippen molar-refractivity contribution in [3.05, 3.63) is 182 Å². The first-order valence-corrected chi connectivity index (χ1v) is 17.7. The van der Waals surface area contributed by atoms with Crippen LogP contribution in [-0.4, -0.2) is 19.9 Å². The van der Waals surface area contributed by atoms with Gasteiger partial charge in [0.1, 0.15) is 5.01 Å². The lowest BCUT2D eigenvalue weighted by Crippen LogP contribution is -2.00. The topological polar surface area (TPSA) is 51.6 Å². The maximum absolute atomic E-state index is 5.04. The van der Waals surface area contributed by atoms with Crippen LogP contribution in [0.2, 0.25) is 0 Å². The molecule has 0 aliphatic carbocycles. The Bertz CT molecular complexity index is 2600. The molecule has 0 radical (unpaired) electrons. The second kappa shape index (κ2) is 13.4. The Morgan fingerprint density at radius 2 is 0.667 bits per heavy atom. The van der Waals surface area contributed by atoms with Crippen molar-refractivity contribution in [2.24, 2.45) is 0 Å². The minimum atomic E-state index is 0.629. The normalized spacial score (nSPS) is 11.1. The van der Waals surface area contributed by atoms with Gasteiger partial charge in [-0.3, -0.25) is 0 Å². The molecule has 0 atom stereocenters. The first-order chi connectivity index (χ1) is 25.2. The first kappa shape index (κ1) is 30.5. The summed E-state index contributed by atoms with van der Waals surface area (Å²) in [5.41, 5.74) is 11.9. The predicted molar refractivity (Wildman–Crippen MR) is 211 cm³/mol. The van der Waals surface area contributed by atoms with Crippen LogP contribution in [-0.2, 0) is 0 Å². The highest BCUT2D eigenvalue weighted by Crippen LogP contribution is 2.35. The lowest BCUT2D eigenvalue weighted by molar-refractivity contribution is 1.07. The van der Waals surface area contributed by atoms with Crippen molar-refractivity contribution in [2.45, 2.75) is 0 Å². The average molecular weight is 671 g/mol. The van der Waals surface area contributed by atoms with Gasteiger partial charge >= 0.3 is 0 Å². The van der Waals surface area contributed by atoms with Crippen LogP contribution in [0.4, 0.5) is 0 Å². The Morgan fingerprint density at radius 1 is 0.275 bits per heavy atom. The number of nitrogens with zero attached hydrogens (tertiary/aromatic N) is 4. The third-order valence-corrected chi connectivity index (χ3v) is 10.1. The van der Waals surface area contributed by atoms with Crippen LogP contribution in [0.25, 0.3) is 88.3 Å². The van der Waals surface area contributed by atoms with E-state index < -0.39 is 0 Å². The molecule has 9 aromatic rings. The Balaban J connectivity index is 1.05. The summed E-state index contributed by atoms with van der Waals surface area (Å²) >= 11 is 1.68. The van der Waals surface area contributed by atoms with E-state index in [-0.39, 0.29) is 0 Å². The fraction of sp³-hybridized carbons (Fsp3) is 0. The van der Waals surface area contributed by atoms with Gasteiger partial charge in [-0.05, 0) is 57.6 Å². The molecular formula is C46H30N4S. The van der Waals surface area contributed by atoms with Gasteiger partial charge in [0.2, 0.25) is 0 Å². The summed E-state index contributed by atoms with van der Waals surface area (Å²) in [5.74, 6) is 1.90. The molecule has 0 fully saturated rings. The second-order valence-electron chi connectivity index (χ2n) is 12.3. The molecule has 0 aliphatic heterocycles. The number of benzene rings is 7. The SMILES string of the molecule is c1ccc(-c2ccc(-c3cccc(-c4nc5ccc(-c6nc(-c7ccccc7)nc(-c7ccc(-c8ccccc8)cc7)n6)cc5s4)c3)cc2)cc1. The van der Waals surface area contributed by atoms with E-state index in [2.05, 4.69) is 140 Å². The highest BCUT2D eigenvalue weighted by Gasteiger charge is 2.15. The summed E-state index contributed by atoms with van der Waals surface area (Å²) in [7, 11) is 0. The van der Waals surface area contributed by atoms with Crippen LogP contribution in [0.5, 0.6) is 0 Å². The minimum Gasteiger partial charge on any atom is -0.236 e. The molecule has 5 heteroatoms. The predicted octanol–water partition coefficient (Wildman–Crippen LogP) is 12.2. The summed E-state index contributed by atoms with van der Waals surface area (Å²) < 4.78 is 1.08. The summed E-state index contributed by atoms with van der Waals surface area (Å²) in [6.45, 7) is 0. The van der Waals surface area contributed by atoms with Gasteiger partial charge in [0.25, 0.3) is 0 Å². The summed E-state index contributed by atoms with van der Waals surface area (Å²) in [6, 6.07) is 63.0. The van der Waals surface area contributed by atoms with Gasteiger partial charge in [-0.2, -0.15) is 0 Å². The fourth-order valence-electron chi connectivity index (χ4n) is 6.30. The molecule has 0 aliphatic rings. The number of rotatable bonds is 7. The molecule has 0 bridgehead atoms. The molecule has 0 saturated carbocycles. The number of fused-ring (bicyclic) bond motifs is 1. The van der Waals surface area contributed by atoms with Crippen molar-refractivity contribution in [3.8, 4) is 78.1 Å². The van der Waals surface area contributed by atoms with Gasteiger partial charge in [0, 0.05) is 22.3 Å². The zero-order chi connectivity index (χ0) is 34.0. The van der Waals surface area contributed by atoms with Crippen LogP contribution >= 0.6 is 11.3 Å². The molecular weight excluding hydrogens is 641 g/mol. The molecule has 0 N–H and O–H groups in total. The van der Waals surface area contributed by atoms with E-state index in [0.29, 0.717) is 17.5 Å². The van der Waals surface area contributed by atoms with Gasteiger partial charge in [-0.25, -0.2) is 19.9 Å². The van der Waals surface area contributed by atoms with Crippen molar-refractivity contribution in [1.29, 1.82) is 0 Å². The average Bonchev–Trinajstić information content (AvgIpc) is 3.66. The zero-order valence-electron chi connectivity index (χ0n) is 27.5. The van der Waals surface area contributed by atoms with E-state index in [4.69, 9.17) is 19.9 Å². The van der Waals surface area contributed by atoms with E-state index in [0.717, 1.165) is 48.6 Å². The lowest BCUT2D eigenvalue weighted by Gasteiger charge is -2.09. The van der Waals surface area contributed by atoms with Crippen molar-refractivity contribution >= 4 is 21.6 Å². The number of hydrogen-bond acceptors (Lipinski definition) is 5. The summed E-state index contributed by atoms with van der Waals surface area (Å²) in [5, 5.41) is 0.977. The van der Waals surface area contributed by atoms with E-state index in [9.17, 15) is 0 Å². The van der Waals surface area contributed by atoms with Crippen molar-refractivity contribution < 1.29 is 0 Å². The van der Waals surface area contributed by atoms with E-state index in [1.165, 1.54) is 22.3 Å². The Kier molecular flexibility index (Phi) is 8.01. The second-order valence-corrected chi connectivity index (χ2v) is 13.4. The number of aromatic nitrogens is 4. The number of hydrogen-bond donors (Lipinski definition) is 0. The Morgan fingerprint density at radius 3 is 1.24 bits per heavy atom. The van der Waals surface area contributed by atoms with Crippen LogP contribution in [0.15, 0.2) is 182 Å². The van der Waals surface area contributed by atoms with Crippen LogP contribution in [0, 0.1) is 0 Å². The maximum atomic E-state index is 5.04. The lowest BCUT2D eigenvalue weighted by atomic mass is 9.99. The Labute approximate surface area is 300 Å². The van der Waals surface area contributed by atoms with E-state index in [1.807, 2.05) is 42.5 Å². The van der Waals surface area contributed by atoms with Gasteiger partial charge in [-0.15, -0.1) is 11.3 Å². The molecule has 7 aromatic carbocycles. The molecule has 4 nitrogen and oxygen atoms in total. The standard InChI is InChI=1S/C46H30N4S/c1-4-11-31(12-5-1)33-19-21-35(22-20-33)38-17-10-18-40(29-38)46-47-41-28-27-39(30-42(41)51-46)45-49-43(36-15-8-3-9-16-36)48-44(50-45)37-25-23-34(24-26-37)32-13-6-2-7-14-32/h1-30H. The smallest absolute Gasteiger partial charge is 0.164 e. The fourth-order valence-corrected chi connectivity index (χ4v) is 7.30. The Hall–Kier alpha value is -6.56. The van der Waals surface area contributed by atoms with E-state index in [1.54, 1.807) is 11.3 Å². The summed E-state index contributed by atoms with van der Waals surface area (Å²) in [4.78, 5) is 19.9. The van der Waals surface area contributed by atoms with Crippen molar-refractivity contribution in [2.75, 3.05) is 0 Å². The molecule has 0 unspecified atom stereocenters. The first-order valence-electron chi connectivity index (χ1n) is 16.9.